The van der Waals surface area contributed by atoms with E-state index in [-0.39, 0.29) is 0 Å². The van der Waals surface area contributed by atoms with Gasteiger partial charge in [0.25, 0.3) is 0 Å². The minimum atomic E-state index is 0.293. The van der Waals surface area contributed by atoms with Gasteiger partial charge in [-0.1, -0.05) is 29.5 Å². The summed E-state index contributed by atoms with van der Waals surface area (Å²) in [5, 5.41) is 9.78. The molecule has 1 aromatic rings. The molecular weight excluding hydrogens is 218 g/mol. The second-order valence-electron chi connectivity index (χ2n) is 4.20. The van der Waals surface area contributed by atoms with Gasteiger partial charge in [0.05, 0.1) is 11.7 Å². The van der Waals surface area contributed by atoms with Gasteiger partial charge in [-0.05, 0) is 43.8 Å². The fourth-order valence-electron chi connectivity index (χ4n) is 2.23. The molecule has 16 heavy (non-hydrogen) atoms. The zero-order chi connectivity index (χ0) is 11.2. The van der Waals surface area contributed by atoms with Gasteiger partial charge in [0.2, 0.25) is 0 Å². The average molecular weight is 237 g/mol. The van der Waals surface area contributed by atoms with Gasteiger partial charge in [-0.3, -0.25) is 0 Å². The van der Waals surface area contributed by atoms with Crippen molar-refractivity contribution in [2.24, 2.45) is 0 Å². The number of nitrogens with zero attached hydrogens (tertiary/aromatic N) is 2. The van der Waals surface area contributed by atoms with Crippen LogP contribution in [0.25, 0.3) is 0 Å². The molecule has 1 aliphatic rings. The van der Waals surface area contributed by atoms with Crippen molar-refractivity contribution in [2.75, 3.05) is 6.54 Å². The van der Waals surface area contributed by atoms with Crippen LogP contribution in [0.15, 0.2) is 17.0 Å². The zero-order valence-corrected chi connectivity index (χ0v) is 10.6. The lowest BCUT2D eigenvalue weighted by molar-refractivity contribution is 0.576. The first-order chi connectivity index (χ1) is 7.92. The molecule has 1 heterocycles. The third-order valence-electron chi connectivity index (χ3n) is 3.03. The standard InChI is InChI=1S/C12H19N3S/c1-2-13-12(11-9-16-15-14-11)10-7-5-3-4-6-8-10/h7,9,12-13H,2-6,8H2,1H3. The van der Waals surface area contributed by atoms with Gasteiger partial charge in [-0.15, -0.1) is 5.10 Å². The van der Waals surface area contributed by atoms with E-state index < -0.39 is 0 Å². The van der Waals surface area contributed by atoms with Gasteiger partial charge < -0.3 is 5.32 Å². The van der Waals surface area contributed by atoms with Crippen LogP contribution in [0.3, 0.4) is 0 Å². The van der Waals surface area contributed by atoms with Crippen molar-refractivity contribution in [1.82, 2.24) is 14.9 Å². The first-order valence-electron chi connectivity index (χ1n) is 6.11. The van der Waals surface area contributed by atoms with E-state index in [1.807, 2.05) is 0 Å². The van der Waals surface area contributed by atoms with Gasteiger partial charge in [0, 0.05) is 5.38 Å². The molecule has 88 valence electrons. The van der Waals surface area contributed by atoms with Crippen molar-refractivity contribution >= 4 is 11.5 Å². The van der Waals surface area contributed by atoms with Gasteiger partial charge in [-0.2, -0.15) is 0 Å². The van der Waals surface area contributed by atoms with Crippen LogP contribution in [0.4, 0.5) is 0 Å². The molecule has 1 N–H and O–H groups in total. The van der Waals surface area contributed by atoms with Crippen molar-refractivity contribution in [1.29, 1.82) is 0 Å². The summed E-state index contributed by atoms with van der Waals surface area (Å²) in [6.45, 7) is 3.11. The minimum absolute atomic E-state index is 0.293. The zero-order valence-electron chi connectivity index (χ0n) is 9.78. The van der Waals surface area contributed by atoms with E-state index >= 15 is 0 Å². The molecule has 0 radical (unpaired) electrons. The van der Waals surface area contributed by atoms with Crippen LogP contribution in [-0.4, -0.2) is 16.1 Å². The Kier molecular flexibility index (Phi) is 4.48. The van der Waals surface area contributed by atoms with E-state index in [4.69, 9.17) is 0 Å². The van der Waals surface area contributed by atoms with E-state index in [1.54, 1.807) is 0 Å². The first kappa shape index (κ1) is 11.7. The molecule has 0 saturated heterocycles. The second kappa shape index (κ2) is 6.11. The largest absolute Gasteiger partial charge is 0.305 e. The Morgan fingerprint density at radius 3 is 3.12 bits per heavy atom. The Morgan fingerprint density at radius 1 is 1.44 bits per heavy atom. The van der Waals surface area contributed by atoms with Crippen LogP contribution < -0.4 is 5.32 Å². The molecule has 0 amide bonds. The lowest BCUT2D eigenvalue weighted by Gasteiger charge is -2.18. The molecule has 3 nitrogen and oxygen atoms in total. The number of hydrogen-bond donors (Lipinski definition) is 1. The van der Waals surface area contributed by atoms with Gasteiger partial charge in [-0.25, -0.2) is 0 Å². The highest BCUT2D eigenvalue weighted by atomic mass is 32.1. The fourth-order valence-corrected chi connectivity index (χ4v) is 2.71. The van der Waals surface area contributed by atoms with Crippen LogP contribution >= 0.6 is 11.5 Å². The number of allylic oxidation sites excluding steroid dienone is 1. The van der Waals surface area contributed by atoms with Crippen LogP contribution in [-0.2, 0) is 0 Å². The van der Waals surface area contributed by atoms with E-state index in [1.165, 1.54) is 49.2 Å². The lowest BCUT2D eigenvalue weighted by Crippen LogP contribution is -2.23. The van der Waals surface area contributed by atoms with E-state index in [0.29, 0.717) is 6.04 Å². The predicted molar refractivity (Wildman–Crippen MR) is 67.5 cm³/mol. The monoisotopic (exact) mass is 237 g/mol. The summed E-state index contributed by atoms with van der Waals surface area (Å²) in [6, 6.07) is 0.293. The van der Waals surface area contributed by atoms with Crippen LogP contribution in [0.1, 0.15) is 50.8 Å². The molecule has 0 spiro atoms. The molecule has 1 aliphatic carbocycles. The Balaban J connectivity index is 2.14. The van der Waals surface area contributed by atoms with Crippen molar-refractivity contribution in [3.63, 3.8) is 0 Å². The molecule has 0 aromatic carbocycles. The summed E-state index contributed by atoms with van der Waals surface area (Å²) in [5.41, 5.74) is 2.59. The normalized spacial score (nSPS) is 18.9. The summed E-state index contributed by atoms with van der Waals surface area (Å²) in [4.78, 5) is 0. The number of hydrogen-bond acceptors (Lipinski definition) is 4. The van der Waals surface area contributed by atoms with E-state index in [9.17, 15) is 0 Å². The average Bonchev–Trinajstić information content (AvgIpc) is 2.69. The summed E-state index contributed by atoms with van der Waals surface area (Å²) in [7, 11) is 0. The Bertz CT molecular complexity index is 332. The van der Waals surface area contributed by atoms with Gasteiger partial charge >= 0.3 is 0 Å². The highest BCUT2D eigenvalue weighted by Crippen LogP contribution is 2.28. The Labute approximate surface area is 101 Å². The maximum Gasteiger partial charge on any atom is 0.0966 e. The summed E-state index contributed by atoms with van der Waals surface area (Å²) >= 11 is 1.43. The highest BCUT2D eigenvalue weighted by Gasteiger charge is 2.18. The van der Waals surface area contributed by atoms with Crippen LogP contribution in [0, 0.1) is 0 Å². The summed E-state index contributed by atoms with van der Waals surface area (Å²) in [6.07, 6.45) is 8.82. The Morgan fingerprint density at radius 2 is 2.38 bits per heavy atom. The first-order valence-corrected chi connectivity index (χ1v) is 6.94. The van der Waals surface area contributed by atoms with E-state index in [2.05, 4.69) is 33.3 Å². The molecule has 0 fully saturated rings. The molecule has 4 heteroatoms. The molecule has 1 atom stereocenters. The summed E-state index contributed by atoms with van der Waals surface area (Å²) in [5.74, 6) is 0. The van der Waals surface area contributed by atoms with Crippen LogP contribution in [0.5, 0.6) is 0 Å². The highest BCUT2D eigenvalue weighted by molar-refractivity contribution is 7.03. The maximum absolute atomic E-state index is 4.21. The molecule has 0 bridgehead atoms. The topological polar surface area (TPSA) is 37.8 Å². The fraction of sp³-hybridized carbons (Fsp3) is 0.667. The third kappa shape index (κ3) is 2.89. The van der Waals surface area contributed by atoms with Crippen molar-refractivity contribution in [2.45, 2.75) is 45.1 Å². The SMILES string of the molecule is CCNC(C1=CCCCCC1)c1csnn1. The van der Waals surface area contributed by atoms with E-state index in [0.717, 1.165) is 12.2 Å². The predicted octanol–water partition coefficient (Wildman–Crippen LogP) is 3.08. The second-order valence-corrected chi connectivity index (χ2v) is 4.81. The van der Waals surface area contributed by atoms with Gasteiger partial charge in [0.15, 0.2) is 0 Å². The number of nitrogens with one attached hydrogen (secondary N) is 1. The lowest BCUT2D eigenvalue weighted by atomic mass is 10.00. The number of aromatic nitrogens is 2. The maximum atomic E-state index is 4.21. The van der Waals surface area contributed by atoms with Crippen LogP contribution in [0.2, 0.25) is 0 Å². The summed E-state index contributed by atoms with van der Waals surface area (Å²) < 4.78 is 3.97. The Hall–Kier alpha value is -0.740. The number of likely N-dealkylation sites (N-methyl/N-ethyl adjacent to an activating group) is 1. The van der Waals surface area contributed by atoms with Crippen molar-refractivity contribution < 1.29 is 0 Å². The smallest absolute Gasteiger partial charge is 0.0966 e. The van der Waals surface area contributed by atoms with Gasteiger partial charge in [0.1, 0.15) is 0 Å². The molecular formula is C12H19N3S. The minimum Gasteiger partial charge on any atom is -0.305 e. The quantitative estimate of drug-likeness (QED) is 0.818. The number of rotatable bonds is 4. The molecule has 1 aromatic heterocycles. The molecule has 2 rings (SSSR count). The van der Waals surface area contributed by atoms with Crippen molar-refractivity contribution in [3.8, 4) is 0 Å². The van der Waals surface area contributed by atoms with Crippen molar-refractivity contribution in [3.05, 3.63) is 22.7 Å². The molecule has 0 saturated carbocycles. The molecule has 1 unspecified atom stereocenters. The molecule has 0 aliphatic heterocycles. The third-order valence-corrected chi connectivity index (χ3v) is 3.55.